The van der Waals surface area contributed by atoms with Crippen LogP contribution in [0.15, 0.2) is 23.0 Å². The first-order valence-electron chi connectivity index (χ1n) is 10.6. The molecule has 2 saturated heterocycles. The van der Waals surface area contributed by atoms with Crippen molar-refractivity contribution in [2.75, 3.05) is 19.5 Å². The topological polar surface area (TPSA) is 157 Å². The molecule has 0 radical (unpaired) electrons. The minimum Gasteiger partial charge on any atom is -0.469 e. The van der Waals surface area contributed by atoms with Crippen molar-refractivity contribution in [1.29, 1.82) is 0 Å². The molecule has 0 spiro atoms. The molecule has 3 heterocycles. The number of amides is 4. The molecule has 1 aromatic carbocycles. The molecule has 34 heavy (non-hydrogen) atoms. The Balaban J connectivity index is 1.71. The maximum atomic E-state index is 13.3. The lowest BCUT2D eigenvalue weighted by Crippen LogP contribution is -2.45. The molecule has 0 bridgehead atoms. The average molecular weight is 469 g/mol. The minimum atomic E-state index is -1.08. The average Bonchev–Trinajstić information content (AvgIpc) is 3.09. The number of nitrogens with one attached hydrogen (secondary N) is 2. The van der Waals surface area contributed by atoms with E-state index in [0.717, 1.165) is 0 Å². The van der Waals surface area contributed by atoms with Crippen LogP contribution in [-0.4, -0.2) is 64.2 Å². The lowest BCUT2D eigenvalue weighted by atomic mass is 9.99. The third-order valence-electron chi connectivity index (χ3n) is 6.25. The zero-order chi connectivity index (χ0) is 24.7. The molecule has 2 aliphatic rings. The summed E-state index contributed by atoms with van der Waals surface area (Å²) < 4.78 is 5.98. The van der Waals surface area contributed by atoms with Crippen LogP contribution < -0.4 is 16.2 Å². The second-order valence-corrected chi connectivity index (χ2v) is 8.28. The SMILES string of the molecule is COC(=O)[C@@H]1CC(=O)N(C)[C@H]1C(=O)Nc1cccc2c(=O)n(C3CCC(=O)NC3=O)c(C)nc12. The van der Waals surface area contributed by atoms with Crippen LogP contribution in [0.25, 0.3) is 10.9 Å². The highest BCUT2D eigenvalue weighted by Crippen LogP contribution is 2.28. The van der Waals surface area contributed by atoms with E-state index in [-0.39, 0.29) is 47.6 Å². The number of anilines is 1. The van der Waals surface area contributed by atoms with Gasteiger partial charge in [-0.15, -0.1) is 0 Å². The summed E-state index contributed by atoms with van der Waals surface area (Å²) in [4.78, 5) is 80.1. The smallest absolute Gasteiger partial charge is 0.311 e. The Morgan fingerprint density at radius 2 is 1.94 bits per heavy atom. The first kappa shape index (κ1) is 23.1. The molecule has 2 N–H and O–H groups in total. The Bertz CT molecular complexity index is 1300. The van der Waals surface area contributed by atoms with Gasteiger partial charge in [-0.1, -0.05) is 6.07 Å². The quantitative estimate of drug-likeness (QED) is 0.454. The molecule has 4 rings (SSSR count). The number of nitrogens with zero attached hydrogens (tertiary/aromatic N) is 3. The molecule has 2 aromatic rings. The van der Waals surface area contributed by atoms with E-state index in [2.05, 4.69) is 15.6 Å². The van der Waals surface area contributed by atoms with Crippen molar-refractivity contribution in [3.8, 4) is 0 Å². The number of hydrogen-bond donors (Lipinski definition) is 2. The van der Waals surface area contributed by atoms with Gasteiger partial charge in [-0.3, -0.25) is 38.7 Å². The second-order valence-electron chi connectivity index (χ2n) is 8.28. The highest BCUT2D eigenvalue weighted by atomic mass is 16.5. The van der Waals surface area contributed by atoms with Crippen molar-refractivity contribution < 1.29 is 28.7 Å². The lowest BCUT2D eigenvalue weighted by molar-refractivity contribution is -0.148. The summed E-state index contributed by atoms with van der Waals surface area (Å²) in [6, 6.07) is 2.66. The molecule has 12 heteroatoms. The largest absolute Gasteiger partial charge is 0.469 e. The number of carbonyl (C=O) groups excluding carboxylic acids is 5. The zero-order valence-corrected chi connectivity index (χ0v) is 18.8. The van der Waals surface area contributed by atoms with Gasteiger partial charge in [0, 0.05) is 19.9 Å². The second kappa shape index (κ2) is 8.69. The summed E-state index contributed by atoms with van der Waals surface area (Å²) in [5, 5.41) is 5.07. The van der Waals surface area contributed by atoms with Gasteiger partial charge in [-0.2, -0.15) is 0 Å². The number of piperidine rings is 1. The minimum absolute atomic E-state index is 0.103. The van der Waals surface area contributed by atoms with E-state index in [0.29, 0.717) is 0 Å². The van der Waals surface area contributed by atoms with Gasteiger partial charge in [0.1, 0.15) is 23.4 Å². The Morgan fingerprint density at radius 3 is 2.62 bits per heavy atom. The number of imide groups is 1. The number of fused-ring (bicyclic) bond motifs is 1. The van der Waals surface area contributed by atoms with Gasteiger partial charge in [-0.25, -0.2) is 4.98 Å². The fourth-order valence-corrected chi connectivity index (χ4v) is 4.52. The number of para-hydroxylation sites is 1. The van der Waals surface area contributed by atoms with Crippen LogP contribution >= 0.6 is 0 Å². The number of ether oxygens (including phenoxy) is 1. The summed E-state index contributed by atoms with van der Waals surface area (Å²) in [5.41, 5.74) is -0.0772. The standard InChI is InChI=1S/C22H23N5O7/c1-10-23-17-11(21(32)27(10)14-7-8-15(28)25-19(14)30)5-4-6-13(17)24-20(31)18-12(22(33)34-3)9-16(29)26(18)2/h4-6,12,14,18H,7-9H2,1-3H3,(H,24,31)(H,25,28,30)/t12-,14?,18-/m1/s1. The molecule has 2 aliphatic heterocycles. The molecule has 1 aromatic heterocycles. The maximum Gasteiger partial charge on any atom is 0.311 e. The van der Waals surface area contributed by atoms with E-state index in [1.807, 2.05) is 0 Å². The monoisotopic (exact) mass is 469 g/mol. The predicted octanol–water partition coefficient (Wildman–Crippen LogP) is -0.359. The van der Waals surface area contributed by atoms with Crippen LogP contribution in [0, 0.1) is 12.8 Å². The number of carbonyl (C=O) groups is 5. The number of benzene rings is 1. The van der Waals surface area contributed by atoms with Crippen LogP contribution in [0.4, 0.5) is 5.69 Å². The Morgan fingerprint density at radius 1 is 1.21 bits per heavy atom. The first-order chi connectivity index (χ1) is 16.1. The van der Waals surface area contributed by atoms with Crippen molar-refractivity contribution in [1.82, 2.24) is 19.8 Å². The number of hydrogen-bond acceptors (Lipinski definition) is 8. The number of aromatic nitrogens is 2. The summed E-state index contributed by atoms with van der Waals surface area (Å²) in [7, 11) is 2.62. The van der Waals surface area contributed by atoms with Crippen LogP contribution in [0.1, 0.15) is 31.1 Å². The third-order valence-corrected chi connectivity index (χ3v) is 6.25. The van der Waals surface area contributed by atoms with E-state index < -0.39 is 47.3 Å². The molecule has 0 aliphatic carbocycles. The molecule has 3 atom stereocenters. The molecule has 1 unspecified atom stereocenters. The van der Waals surface area contributed by atoms with Crippen molar-refractivity contribution >= 4 is 46.2 Å². The number of likely N-dealkylation sites (N-methyl/N-ethyl adjacent to an activating group) is 1. The number of rotatable bonds is 4. The molecule has 12 nitrogen and oxygen atoms in total. The van der Waals surface area contributed by atoms with Crippen molar-refractivity contribution in [3.63, 3.8) is 0 Å². The summed E-state index contributed by atoms with van der Waals surface area (Å²) in [6.45, 7) is 1.56. The van der Waals surface area contributed by atoms with Gasteiger partial charge in [0.15, 0.2) is 0 Å². The number of likely N-dealkylation sites (tertiary alicyclic amines) is 1. The highest BCUT2D eigenvalue weighted by molar-refractivity contribution is 6.06. The Kier molecular flexibility index (Phi) is 5.90. The van der Waals surface area contributed by atoms with Crippen LogP contribution in [0.5, 0.6) is 0 Å². The fraction of sp³-hybridized carbons (Fsp3) is 0.409. The summed E-state index contributed by atoms with van der Waals surface area (Å²) >= 11 is 0. The zero-order valence-electron chi connectivity index (χ0n) is 18.8. The summed E-state index contributed by atoms with van der Waals surface area (Å²) in [6.07, 6.45) is 0.127. The van der Waals surface area contributed by atoms with E-state index in [1.54, 1.807) is 19.1 Å². The van der Waals surface area contributed by atoms with Crippen molar-refractivity contribution in [3.05, 3.63) is 34.4 Å². The van der Waals surface area contributed by atoms with Gasteiger partial charge in [0.05, 0.1) is 24.1 Å². The van der Waals surface area contributed by atoms with Crippen LogP contribution in [0.2, 0.25) is 0 Å². The first-order valence-corrected chi connectivity index (χ1v) is 10.6. The Hall–Kier alpha value is -4.09. The van der Waals surface area contributed by atoms with E-state index in [9.17, 15) is 28.8 Å². The van der Waals surface area contributed by atoms with Crippen LogP contribution in [-0.2, 0) is 28.7 Å². The van der Waals surface area contributed by atoms with Gasteiger partial charge < -0.3 is 15.0 Å². The third kappa shape index (κ3) is 3.80. The van der Waals surface area contributed by atoms with Crippen molar-refractivity contribution in [2.45, 2.75) is 38.3 Å². The maximum absolute atomic E-state index is 13.3. The fourth-order valence-electron chi connectivity index (χ4n) is 4.52. The lowest BCUT2D eigenvalue weighted by Gasteiger charge is -2.25. The van der Waals surface area contributed by atoms with Crippen molar-refractivity contribution in [2.24, 2.45) is 5.92 Å². The molecule has 0 saturated carbocycles. The molecular weight excluding hydrogens is 446 g/mol. The van der Waals surface area contributed by atoms with E-state index in [4.69, 9.17) is 4.74 Å². The van der Waals surface area contributed by atoms with Gasteiger partial charge in [0.2, 0.25) is 23.6 Å². The van der Waals surface area contributed by atoms with E-state index in [1.165, 1.54) is 29.7 Å². The highest BCUT2D eigenvalue weighted by Gasteiger charge is 2.46. The molecule has 178 valence electrons. The number of aryl methyl sites for hydroxylation is 1. The van der Waals surface area contributed by atoms with E-state index >= 15 is 0 Å². The van der Waals surface area contributed by atoms with Gasteiger partial charge in [0.25, 0.3) is 5.56 Å². The van der Waals surface area contributed by atoms with Crippen LogP contribution in [0.3, 0.4) is 0 Å². The van der Waals surface area contributed by atoms with Gasteiger partial charge in [-0.05, 0) is 25.5 Å². The Labute approximate surface area is 193 Å². The normalized spacial score (nSPS) is 22.6. The van der Waals surface area contributed by atoms with Gasteiger partial charge >= 0.3 is 5.97 Å². The molecule has 2 fully saturated rings. The number of methoxy groups -OCH3 is 1. The number of esters is 1. The molecular formula is C22H23N5O7. The molecule has 4 amide bonds. The summed E-state index contributed by atoms with van der Waals surface area (Å²) in [5.74, 6) is -3.36. The predicted molar refractivity (Wildman–Crippen MR) is 117 cm³/mol.